The smallest absolute Gasteiger partial charge is 0.310 e. The zero-order valence-electron chi connectivity index (χ0n) is 12.6. The van der Waals surface area contributed by atoms with Crippen LogP contribution in [0.2, 0.25) is 0 Å². The van der Waals surface area contributed by atoms with Crippen molar-refractivity contribution < 1.29 is 14.3 Å². The normalized spacial score (nSPS) is 33.9. The van der Waals surface area contributed by atoms with Crippen LogP contribution in [-0.4, -0.2) is 18.0 Å². The van der Waals surface area contributed by atoms with Crippen molar-refractivity contribution in [3.63, 3.8) is 0 Å². The standard InChI is InChI=1S/C19H17NO3/c21-18(16-12-8-14-15(9-12)23-19(22)17(14)16)20-13-6-5-10-3-1-2-4-11(10)7-13/h1-7,12,14-17H,8-9H2,(H,20,21). The summed E-state index contributed by atoms with van der Waals surface area (Å²) in [6.45, 7) is 0. The minimum Gasteiger partial charge on any atom is -0.462 e. The number of carbonyl (C=O) groups is 2. The third kappa shape index (κ3) is 1.84. The molecule has 116 valence electrons. The first kappa shape index (κ1) is 13.1. The summed E-state index contributed by atoms with van der Waals surface area (Å²) in [5.74, 6) is -0.0903. The van der Waals surface area contributed by atoms with Gasteiger partial charge in [-0.3, -0.25) is 9.59 Å². The predicted octanol–water partition coefficient (Wildman–Crippen LogP) is 2.98. The second-order valence-electron chi connectivity index (χ2n) is 6.97. The second-order valence-corrected chi connectivity index (χ2v) is 6.97. The van der Waals surface area contributed by atoms with Crippen molar-refractivity contribution in [2.75, 3.05) is 5.32 Å². The zero-order valence-corrected chi connectivity index (χ0v) is 12.6. The Hall–Kier alpha value is -2.36. The Bertz CT molecular complexity index is 828. The van der Waals surface area contributed by atoms with Crippen LogP contribution in [0, 0.1) is 23.7 Å². The lowest BCUT2D eigenvalue weighted by atomic mass is 9.79. The van der Waals surface area contributed by atoms with Gasteiger partial charge in [-0.1, -0.05) is 30.3 Å². The number of anilines is 1. The number of amides is 1. The number of esters is 1. The van der Waals surface area contributed by atoms with Crippen LogP contribution in [0.25, 0.3) is 10.8 Å². The Kier molecular flexibility index (Phi) is 2.61. The van der Waals surface area contributed by atoms with Gasteiger partial charge in [0.25, 0.3) is 0 Å². The molecule has 5 unspecified atom stereocenters. The van der Waals surface area contributed by atoms with Crippen LogP contribution in [0.5, 0.6) is 0 Å². The largest absolute Gasteiger partial charge is 0.462 e. The summed E-state index contributed by atoms with van der Waals surface area (Å²) in [6, 6.07) is 14.0. The molecule has 0 aromatic heterocycles. The summed E-state index contributed by atoms with van der Waals surface area (Å²) < 4.78 is 5.41. The fourth-order valence-electron chi connectivity index (χ4n) is 4.86. The van der Waals surface area contributed by atoms with Gasteiger partial charge in [0.15, 0.2) is 0 Å². The first-order chi connectivity index (χ1) is 11.2. The van der Waals surface area contributed by atoms with Gasteiger partial charge < -0.3 is 10.1 Å². The molecular formula is C19H17NO3. The summed E-state index contributed by atoms with van der Waals surface area (Å²) in [5.41, 5.74) is 0.791. The molecule has 23 heavy (non-hydrogen) atoms. The van der Waals surface area contributed by atoms with Gasteiger partial charge in [-0.15, -0.1) is 0 Å². The van der Waals surface area contributed by atoms with E-state index < -0.39 is 0 Å². The van der Waals surface area contributed by atoms with Gasteiger partial charge >= 0.3 is 5.97 Å². The fraction of sp³-hybridized carbons (Fsp3) is 0.368. The lowest BCUT2D eigenvalue weighted by Gasteiger charge is -2.23. The Balaban J connectivity index is 1.41. The monoisotopic (exact) mass is 307 g/mol. The predicted molar refractivity (Wildman–Crippen MR) is 85.7 cm³/mol. The van der Waals surface area contributed by atoms with E-state index in [1.54, 1.807) is 0 Å². The van der Waals surface area contributed by atoms with Gasteiger partial charge in [0.1, 0.15) is 6.10 Å². The van der Waals surface area contributed by atoms with Crippen LogP contribution >= 0.6 is 0 Å². The summed E-state index contributed by atoms with van der Waals surface area (Å²) in [4.78, 5) is 24.8. The molecule has 1 aliphatic heterocycles. The van der Waals surface area contributed by atoms with E-state index in [9.17, 15) is 9.59 Å². The molecule has 0 radical (unpaired) electrons. The molecule has 3 aliphatic rings. The van der Waals surface area contributed by atoms with E-state index in [0.717, 1.165) is 29.3 Å². The van der Waals surface area contributed by atoms with Crippen LogP contribution in [-0.2, 0) is 14.3 Å². The molecule has 0 spiro atoms. The molecule has 5 atom stereocenters. The van der Waals surface area contributed by atoms with E-state index in [1.807, 2.05) is 42.5 Å². The highest BCUT2D eigenvalue weighted by Crippen LogP contribution is 2.57. The molecule has 4 heteroatoms. The highest BCUT2D eigenvalue weighted by molar-refractivity contribution is 5.98. The maximum atomic E-state index is 12.8. The van der Waals surface area contributed by atoms with Crippen LogP contribution in [0.1, 0.15) is 12.8 Å². The van der Waals surface area contributed by atoms with Gasteiger partial charge in [-0.2, -0.15) is 0 Å². The number of ether oxygens (including phenoxy) is 1. The van der Waals surface area contributed by atoms with Gasteiger partial charge in [-0.05, 0) is 41.7 Å². The van der Waals surface area contributed by atoms with Crippen LogP contribution < -0.4 is 5.32 Å². The number of fused-ring (bicyclic) bond motifs is 2. The maximum Gasteiger partial charge on any atom is 0.310 e. The first-order valence-electron chi connectivity index (χ1n) is 8.21. The topological polar surface area (TPSA) is 55.4 Å². The molecule has 3 fully saturated rings. The molecule has 2 aromatic rings. The molecule has 2 aliphatic carbocycles. The molecule has 1 saturated heterocycles. The van der Waals surface area contributed by atoms with Gasteiger partial charge in [-0.25, -0.2) is 0 Å². The third-order valence-electron chi connectivity index (χ3n) is 5.80. The number of carbonyl (C=O) groups excluding carboxylic acids is 2. The van der Waals surface area contributed by atoms with Crippen molar-refractivity contribution in [2.24, 2.45) is 23.7 Å². The van der Waals surface area contributed by atoms with Crippen LogP contribution in [0.4, 0.5) is 5.69 Å². The van der Waals surface area contributed by atoms with Gasteiger partial charge in [0.2, 0.25) is 5.91 Å². The highest BCUT2D eigenvalue weighted by Gasteiger charge is 2.63. The molecule has 1 heterocycles. The summed E-state index contributed by atoms with van der Waals surface area (Å²) >= 11 is 0. The molecule has 1 N–H and O–H groups in total. The van der Waals surface area contributed by atoms with E-state index >= 15 is 0 Å². The minimum absolute atomic E-state index is 0.0323. The molecular weight excluding hydrogens is 290 g/mol. The molecule has 2 bridgehead atoms. The SMILES string of the molecule is O=C(Nc1ccc2ccccc2c1)C1C2CC3OC(=O)C1C3C2. The minimum atomic E-state index is -0.224. The Morgan fingerprint density at radius 3 is 2.78 bits per heavy atom. The second kappa shape index (κ2) is 4.57. The van der Waals surface area contributed by atoms with Gasteiger partial charge in [0, 0.05) is 11.6 Å². The van der Waals surface area contributed by atoms with Gasteiger partial charge in [0.05, 0.1) is 11.8 Å². The van der Waals surface area contributed by atoms with E-state index in [2.05, 4.69) is 5.32 Å². The zero-order chi connectivity index (χ0) is 15.6. The van der Waals surface area contributed by atoms with Crippen LogP contribution in [0.15, 0.2) is 42.5 Å². The quantitative estimate of drug-likeness (QED) is 0.868. The first-order valence-corrected chi connectivity index (χ1v) is 8.21. The number of nitrogens with one attached hydrogen (secondary N) is 1. The number of hydrogen-bond acceptors (Lipinski definition) is 3. The highest BCUT2D eigenvalue weighted by atomic mass is 16.6. The van der Waals surface area contributed by atoms with Crippen molar-refractivity contribution in [1.29, 1.82) is 0 Å². The van der Waals surface area contributed by atoms with E-state index in [1.165, 1.54) is 0 Å². The average Bonchev–Trinajstić information content (AvgIpc) is 3.16. The maximum absolute atomic E-state index is 12.8. The number of benzene rings is 2. The van der Waals surface area contributed by atoms with Crippen molar-refractivity contribution >= 4 is 28.3 Å². The Morgan fingerprint density at radius 2 is 1.91 bits per heavy atom. The van der Waals surface area contributed by atoms with Crippen molar-refractivity contribution in [2.45, 2.75) is 18.9 Å². The van der Waals surface area contributed by atoms with E-state index in [4.69, 9.17) is 4.74 Å². The average molecular weight is 307 g/mol. The van der Waals surface area contributed by atoms with Crippen LogP contribution in [0.3, 0.4) is 0 Å². The van der Waals surface area contributed by atoms with E-state index in [-0.39, 0.29) is 35.7 Å². The van der Waals surface area contributed by atoms with Crippen molar-refractivity contribution in [1.82, 2.24) is 0 Å². The lowest BCUT2D eigenvalue weighted by Crippen LogP contribution is -2.35. The summed E-state index contributed by atoms with van der Waals surface area (Å²) in [6.07, 6.45) is 1.88. The molecule has 4 nitrogen and oxygen atoms in total. The molecule has 5 rings (SSSR count). The Morgan fingerprint density at radius 1 is 1.09 bits per heavy atom. The fourth-order valence-corrected chi connectivity index (χ4v) is 4.86. The lowest BCUT2D eigenvalue weighted by molar-refractivity contribution is -0.145. The van der Waals surface area contributed by atoms with Crippen molar-refractivity contribution in [3.05, 3.63) is 42.5 Å². The molecule has 1 amide bonds. The number of rotatable bonds is 2. The van der Waals surface area contributed by atoms with Crippen molar-refractivity contribution in [3.8, 4) is 0 Å². The number of hydrogen-bond donors (Lipinski definition) is 1. The van der Waals surface area contributed by atoms with E-state index in [0.29, 0.717) is 5.92 Å². The summed E-state index contributed by atoms with van der Waals surface area (Å²) in [5, 5.41) is 5.26. The summed E-state index contributed by atoms with van der Waals surface area (Å²) in [7, 11) is 0. The molecule has 2 saturated carbocycles. The Labute approximate surface area is 133 Å². The third-order valence-corrected chi connectivity index (χ3v) is 5.80. The molecule has 2 aromatic carbocycles.